The van der Waals surface area contributed by atoms with Crippen LogP contribution >= 0.6 is 34.4 Å². The highest BCUT2D eigenvalue weighted by Gasteiger charge is 2.26. The van der Waals surface area contributed by atoms with Gasteiger partial charge in [0.2, 0.25) is 0 Å². The molecule has 0 bridgehead atoms. The van der Waals surface area contributed by atoms with E-state index in [1.807, 2.05) is 4.57 Å². The molecule has 3 aromatic rings. The predicted molar refractivity (Wildman–Crippen MR) is 125 cm³/mol. The summed E-state index contributed by atoms with van der Waals surface area (Å²) in [4.78, 5) is 25.6. The Bertz CT molecular complexity index is 1110. The minimum Gasteiger partial charge on any atom is -0.376 e. The number of fused-ring (bicyclic) bond motifs is 3. The van der Waals surface area contributed by atoms with Gasteiger partial charge in [-0.05, 0) is 50.0 Å². The highest BCUT2D eigenvalue weighted by molar-refractivity contribution is 7.98. The van der Waals surface area contributed by atoms with E-state index in [9.17, 15) is 4.79 Å². The van der Waals surface area contributed by atoms with Crippen LogP contribution in [0.2, 0.25) is 0 Å². The number of ether oxygens (including phenoxy) is 1. The molecular weight excluding hydrogens is 434 g/mol. The Morgan fingerprint density at radius 1 is 1.33 bits per heavy atom. The van der Waals surface area contributed by atoms with E-state index >= 15 is 0 Å². The quantitative estimate of drug-likeness (QED) is 0.379. The van der Waals surface area contributed by atoms with Gasteiger partial charge in [0.05, 0.1) is 28.7 Å². The van der Waals surface area contributed by atoms with Crippen LogP contribution < -0.4 is 5.56 Å². The fourth-order valence-corrected chi connectivity index (χ4v) is 7.56. The summed E-state index contributed by atoms with van der Waals surface area (Å²) in [6.45, 7) is 5.82. The zero-order valence-corrected chi connectivity index (χ0v) is 19.9. The summed E-state index contributed by atoms with van der Waals surface area (Å²) in [7, 11) is 0. The van der Waals surface area contributed by atoms with Gasteiger partial charge in [-0.2, -0.15) is 0 Å². The summed E-state index contributed by atoms with van der Waals surface area (Å²) in [6, 6.07) is 0. The number of nitrogens with zero attached hydrogens (tertiary/aromatic N) is 3. The predicted octanol–water partition coefficient (Wildman–Crippen LogP) is 5.07. The first-order chi connectivity index (χ1) is 14.6. The maximum absolute atomic E-state index is 13.7. The van der Waals surface area contributed by atoms with Gasteiger partial charge < -0.3 is 4.74 Å². The van der Waals surface area contributed by atoms with Crippen LogP contribution in [-0.2, 0) is 36.3 Å². The molecule has 8 heteroatoms. The van der Waals surface area contributed by atoms with Crippen molar-refractivity contribution >= 4 is 44.7 Å². The summed E-state index contributed by atoms with van der Waals surface area (Å²) in [5.41, 5.74) is 2.45. The SMILES string of the molecule is CCc1nc(CSc2nc3sc4c(c3c(=O)n2CC2CCCO2)CCC(C)C4)cs1. The van der Waals surface area contributed by atoms with E-state index in [1.54, 1.807) is 34.4 Å². The number of rotatable bonds is 6. The van der Waals surface area contributed by atoms with Gasteiger partial charge in [-0.25, -0.2) is 9.97 Å². The molecular formula is C22H27N3O2S3. The molecule has 4 heterocycles. The van der Waals surface area contributed by atoms with Crippen LogP contribution in [0.15, 0.2) is 15.3 Å². The van der Waals surface area contributed by atoms with Gasteiger partial charge in [0, 0.05) is 22.6 Å². The van der Waals surface area contributed by atoms with Gasteiger partial charge in [-0.1, -0.05) is 25.6 Å². The van der Waals surface area contributed by atoms with Crippen LogP contribution in [0.4, 0.5) is 0 Å². The second-order valence-corrected chi connectivity index (χ2v) is 11.3. The number of thiazole rings is 1. The van der Waals surface area contributed by atoms with Crippen LogP contribution in [0.3, 0.4) is 0 Å². The molecule has 1 fully saturated rings. The van der Waals surface area contributed by atoms with E-state index in [2.05, 4.69) is 24.2 Å². The molecule has 0 spiro atoms. The number of hydrogen-bond acceptors (Lipinski definition) is 7. The fourth-order valence-electron chi connectivity index (χ4n) is 4.38. The standard InChI is InChI=1S/C22H27N3O2S3/c1-3-18-23-14(11-28-18)12-29-22-24-20-19(16-7-6-13(2)9-17(16)30-20)21(26)25(22)10-15-5-4-8-27-15/h11,13,15H,3-10,12H2,1-2H3. The molecule has 2 aliphatic rings. The maximum atomic E-state index is 13.7. The van der Waals surface area contributed by atoms with Crippen LogP contribution in [0.25, 0.3) is 10.2 Å². The van der Waals surface area contributed by atoms with Gasteiger partial charge in [0.25, 0.3) is 5.56 Å². The minimum atomic E-state index is 0.113. The first-order valence-electron chi connectivity index (χ1n) is 10.8. The first kappa shape index (κ1) is 20.7. The Morgan fingerprint density at radius 2 is 2.23 bits per heavy atom. The van der Waals surface area contributed by atoms with E-state index < -0.39 is 0 Å². The van der Waals surface area contributed by atoms with E-state index in [4.69, 9.17) is 9.72 Å². The summed E-state index contributed by atoms with van der Waals surface area (Å²) in [6.07, 6.45) is 6.39. The molecule has 2 unspecified atom stereocenters. The van der Waals surface area contributed by atoms with Crippen molar-refractivity contribution in [3.8, 4) is 0 Å². The van der Waals surface area contributed by atoms with Crippen molar-refractivity contribution in [1.82, 2.24) is 14.5 Å². The molecule has 30 heavy (non-hydrogen) atoms. The number of aromatic nitrogens is 3. The largest absolute Gasteiger partial charge is 0.376 e. The van der Waals surface area contributed by atoms with Crippen LogP contribution in [-0.4, -0.2) is 27.2 Å². The molecule has 2 atom stereocenters. The van der Waals surface area contributed by atoms with E-state index in [0.29, 0.717) is 12.5 Å². The topological polar surface area (TPSA) is 57.0 Å². The molecule has 160 valence electrons. The zero-order chi connectivity index (χ0) is 20.7. The summed E-state index contributed by atoms with van der Waals surface area (Å²) >= 11 is 5.07. The number of hydrogen-bond donors (Lipinski definition) is 0. The van der Waals surface area contributed by atoms with Crippen molar-refractivity contribution in [2.24, 2.45) is 5.92 Å². The van der Waals surface area contributed by atoms with Crippen molar-refractivity contribution in [2.75, 3.05) is 6.61 Å². The molecule has 0 N–H and O–H groups in total. The lowest BCUT2D eigenvalue weighted by Crippen LogP contribution is -2.29. The highest BCUT2D eigenvalue weighted by Crippen LogP contribution is 2.37. The zero-order valence-electron chi connectivity index (χ0n) is 17.5. The van der Waals surface area contributed by atoms with Gasteiger partial charge in [0.15, 0.2) is 5.16 Å². The maximum Gasteiger partial charge on any atom is 0.263 e. The fraction of sp³-hybridized carbons (Fsp3) is 0.591. The summed E-state index contributed by atoms with van der Waals surface area (Å²) < 4.78 is 7.75. The molecule has 5 rings (SSSR count). The Morgan fingerprint density at radius 3 is 3.00 bits per heavy atom. The van der Waals surface area contributed by atoms with Gasteiger partial charge in [0.1, 0.15) is 4.83 Å². The minimum absolute atomic E-state index is 0.113. The smallest absolute Gasteiger partial charge is 0.263 e. The van der Waals surface area contributed by atoms with E-state index in [0.717, 1.165) is 77.0 Å². The van der Waals surface area contributed by atoms with Crippen molar-refractivity contribution in [1.29, 1.82) is 0 Å². The van der Waals surface area contributed by atoms with E-state index in [1.165, 1.54) is 10.4 Å². The molecule has 5 nitrogen and oxygen atoms in total. The van der Waals surface area contributed by atoms with Crippen molar-refractivity contribution < 1.29 is 4.74 Å². The number of thiophene rings is 1. The van der Waals surface area contributed by atoms with Crippen LogP contribution in [0, 0.1) is 5.92 Å². The average molecular weight is 462 g/mol. The van der Waals surface area contributed by atoms with Crippen molar-refractivity contribution in [2.45, 2.75) is 75.9 Å². The highest BCUT2D eigenvalue weighted by atomic mass is 32.2. The lowest BCUT2D eigenvalue weighted by molar-refractivity contribution is 0.0937. The molecule has 0 saturated carbocycles. The molecule has 0 amide bonds. The Hall–Kier alpha value is -1.22. The number of aryl methyl sites for hydroxylation is 2. The van der Waals surface area contributed by atoms with Crippen molar-refractivity contribution in [3.05, 3.63) is 36.9 Å². The van der Waals surface area contributed by atoms with E-state index in [-0.39, 0.29) is 11.7 Å². The normalized spacial score (nSPS) is 21.4. The molecule has 0 aromatic carbocycles. The molecule has 1 aliphatic carbocycles. The van der Waals surface area contributed by atoms with Gasteiger partial charge in [-0.3, -0.25) is 9.36 Å². The number of thioether (sulfide) groups is 1. The third-order valence-electron chi connectivity index (χ3n) is 6.04. The Labute approximate surface area is 188 Å². The van der Waals surface area contributed by atoms with Gasteiger partial charge in [-0.15, -0.1) is 22.7 Å². The van der Waals surface area contributed by atoms with Crippen molar-refractivity contribution in [3.63, 3.8) is 0 Å². The summed E-state index contributed by atoms with van der Waals surface area (Å²) in [5.74, 6) is 1.42. The molecule has 1 saturated heterocycles. The lowest BCUT2D eigenvalue weighted by atomic mass is 9.89. The molecule has 1 aliphatic heterocycles. The third kappa shape index (κ3) is 3.99. The second-order valence-electron chi connectivity index (χ2n) is 8.35. The Kier molecular flexibility index (Phi) is 6.01. The lowest BCUT2D eigenvalue weighted by Gasteiger charge is -2.18. The first-order valence-corrected chi connectivity index (χ1v) is 13.5. The third-order valence-corrected chi connectivity index (χ3v) is 9.24. The van der Waals surface area contributed by atoms with Gasteiger partial charge >= 0.3 is 0 Å². The molecule has 3 aromatic heterocycles. The average Bonchev–Trinajstić information content (AvgIpc) is 3.47. The summed E-state index contributed by atoms with van der Waals surface area (Å²) in [5, 5.41) is 4.95. The Balaban J connectivity index is 1.53. The van der Waals surface area contributed by atoms with Crippen LogP contribution in [0.5, 0.6) is 0 Å². The monoisotopic (exact) mass is 461 g/mol. The second kappa shape index (κ2) is 8.73. The van der Waals surface area contributed by atoms with Crippen LogP contribution in [0.1, 0.15) is 54.3 Å². The molecule has 0 radical (unpaired) electrons.